The van der Waals surface area contributed by atoms with Crippen LogP contribution in [0.1, 0.15) is 31.1 Å². The van der Waals surface area contributed by atoms with Gasteiger partial charge >= 0.3 is 0 Å². The Labute approximate surface area is 91.0 Å². The van der Waals surface area contributed by atoms with Gasteiger partial charge in [0.2, 0.25) is 0 Å². The van der Waals surface area contributed by atoms with Gasteiger partial charge in [-0.25, -0.2) is 0 Å². The fourth-order valence-electron chi connectivity index (χ4n) is 1.63. The normalized spacial score (nSPS) is 12.4. The molecule has 1 heterocycles. The van der Waals surface area contributed by atoms with Gasteiger partial charge in [0.1, 0.15) is 12.0 Å². The molecule has 0 saturated carbocycles. The van der Waals surface area contributed by atoms with E-state index in [-0.39, 0.29) is 0 Å². The van der Waals surface area contributed by atoms with Crippen LogP contribution >= 0.6 is 0 Å². The molecule has 0 saturated heterocycles. The Balaban J connectivity index is 2.62. The maximum Gasteiger partial charge on any atom is 0.120 e. The van der Waals surface area contributed by atoms with E-state index in [1.54, 1.807) is 6.26 Å². The Kier molecular flexibility index (Phi) is 4.35. The predicted octanol–water partition coefficient (Wildman–Crippen LogP) is 3.30. The lowest BCUT2D eigenvalue weighted by Crippen LogP contribution is -2.06. The highest BCUT2D eigenvalue weighted by Gasteiger charge is 2.13. The first-order chi connectivity index (χ1) is 7.15. The van der Waals surface area contributed by atoms with Crippen molar-refractivity contribution in [2.24, 2.45) is 5.92 Å². The molecule has 1 aromatic heterocycles. The minimum atomic E-state index is 0.347. The molecular formula is C13H18O2. The van der Waals surface area contributed by atoms with Crippen LogP contribution in [0.5, 0.6) is 0 Å². The van der Waals surface area contributed by atoms with Crippen LogP contribution in [0.3, 0.4) is 0 Å². The van der Waals surface area contributed by atoms with Gasteiger partial charge < -0.3 is 9.21 Å². The van der Waals surface area contributed by atoms with E-state index in [4.69, 9.17) is 4.42 Å². The highest BCUT2D eigenvalue weighted by atomic mass is 16.3. The molecule has 2 heteroatoms. The molecule has 0 bridgehead atoms. The first-order valence-corrected chi connectivity index (χ1v) is 5.27. The zero-order chi connectivity index (χ0) is 11.3. The summed E-state index contributed by atoms with van der Waals surface area (Å²) in [5.41, 5.74) is 2.29. The molecule has 0 aliphatic heterocycles. The zero-order valence-corrected chi connectivity index (χ0v) is 9.45. The van der Waals surface area contributed by atoms with Crippen LogP contribution in [0, 0.1) is 12.8 Å². The van der Waals surface area contributed by atoms with Crippen molar-refractivity contribution in [3.63, 3.8) is 0 Å². The molecule has 0 aliphatic rings. The molecule has 0 spiro atoms. The van der Waals surface area contributed by atoms with Crippen LogP contribution in [0.15, 0.2) is 28.9 Å². The van der Waals surface area contributed by atoms with Crippen molar-refractivity contribution in [3.05, 3.63) is 35.8 Å². The van der Waals surface area contributed by atoms with Crippen molar-refractivity contribution in [1.82, 2.24) is 0 Å². The third-order valence-corrected chi connectivity index (χ3v) is 2.73. The molecular weight excluding hydrogens is 188 g/mol. The average molecular weight is 206 g/mol. The second kappa shape index (κ2) is 5.54. The Morgan fingerprint density at radius 2 is 2.40 bits per heavy atom. The number of aldehydes is 1. The molecule has 1 aromatic rings. The van der Waals surface area contributed by atoms with Crippen LogP contribution in [0.2, 0.25) is 0 Å². The van der Waals surface area contributed by atoms with Crippen molar-refractivity contribution in [3.8, 4) is 0 Å². The Morgan fingerprint density at radius 1 is 1.67 bits per heavy atom. The van der Waals surface area contributed by atoms with E-state index in [1.165, 1.54) is 5.56 Å². The topological polar surface area (TPSA) is 30.2 Å². The standard InChI is InChI=1S/C13H18O2/c1-10(2)12(5-4-7-14)9-13-11(3)6-8-15-13/h6-8,12H,1,4-5,9H2,2-3H3/t12-/m0/s1. The summed E-state index contributed by atoms with van der Waals surface area (Å²) in [4.78, 5) is 10.3. The van der Waals surface area contributed by atoms with Crippen molar-refractivity contribution in [2.75, 3.05) is 0 Å². The summed E-state index contributed by atoms with van der Waals surface area (Å²) >= 11 is 0. The van der Waals surface area contributed by atoms with Crippen LogP contribution < -0.4 is 0 Å². The third-order valence-electron chi connectivity index (χ3n) is 2.73. The molecule has 0 N–H and O–H groups in total. The Hall–Kier alpha value is -1.31. The number of carbonyl (C=O) groups is 1. The number of furan rings is 1. The molecule has 0 aliphatic carbocycles. The zero-order valence-electron chi connectivity index (χ0n) is 9.45. The first-order valence-electron chi connectivity index (χ1n) is 5.27. The molecule has 0 amide bonds. The lowest BCUT2D eigenvalue weighted by molar-refractivity contribution is -0.108. The van der Waals surface area contributed by atoms with Gasteiger partial charge in [0.15, 0.2) is 0 Å². The van der Waals surface area contributed by atoms with E-state index in [9.17, 15) is 4.79 Å². The summed E-state index contributed by atoms with van der Waals surface area (Å²) in [6, 6.07) is 1.96. The van der Waals surface area contributed by atoms with Gasteiger partial charge in [-0.05, 0) is 37.8 Å². The maximum absolute atomic E-state index is 10.3. The SMILES string of the molecule is C=C(C)[C@@H](CCC=O)Cc1occc1C. The number of rotatable bonds is 6. The summed E-state index contributed by atoms with van der Waals surface area (Å²) in [6.07, 6.45) is 4.98. The van der Waals surface area contributed by atoms with Crippen LogP contribution in [0.25, 0.3) is 0 Å². The van der Waals surface area contributed by atoms with Gasteiger partial charge in [0, 0.05) is 12.8 Å². The van der Waals surface area contributed by atoms with Gasteiger partial charge in [-0.3, -0.25) is 0 Å². The summed E-state index contributed by atoms with van der Waals surface area (Å²) in [5.74, 6) is 1.36. The highest BCUT2D eigenvalue weighted by Crippen LogP contribution is 2.22. The maximum atomic E-state index is 10.3. The number of hydrogen-bond acceptors (Lipinski definition) is 2. The van der Waals surface area contributed by atoms with Crippen LogP contribution in [0.4, 0.5) is 0 Å². The van der Waals surface area contributed by atoms with Gasteiger partial charge in [-0.1, -0.05) is 12.2 Å². The van der Waals surface area contributed by atoms with Gasteiger partial charge in [-0.15, -0.1) is 0 Å². The summed E-state index contributed by atoms with van der Waals surface area (Å²) in [6.45, 7) is 8.00. The van der Waals surface area contributed by atoms with Crippen molar-refractivity contribution in [2.45, 2.75) is 33.1 Å². The lowest BCUT2D eigenvalue weighted by Gasteiger charge is -2.14. The van der Waals surface area contributed by atoms with E-state index >= 15 is 0 Å². The number of allylic oxidation sites excluding steroid dienone is 1. The van der Waals surface area contributed by atoms with Gasteiger partial charge in [0.25, 0.3) is 0 Å². The van der Waals surface area contributed by atoms with E-state index in [0.29, 0.717) is 12.3 Å². The molecule has 0 radical (unpaired) electrons. The molecule has 1 rings (SSSR count). The van der Waals surface area contributed by atoms with Gasteiger partial charge in [0.05, 0.1) is 6.26 Å². The molecule has 15 heavy (non-hydrogen) atoms. The molecule has 0 fully saturated rings. The molecule has 0 unspecified atom stereocenters. The first kappa shape index (κ1) is 11.8. The van der Waals surface area contributed by atoms with Gasteiger partial charge in [-0.2, -0.15) is 0 Å². The van der Waals surface area contributed by atoms with Crippen LogP contribution in [-0.4, -0.2) is 6.29 Å². The molecule has 2 nitrogen and oxygen atoms in total. The largest absolute Gasteiger partial charge is 0.469 e. The fraction of sp³-hybridized carbons (Fsp3) is 0.462. The van der Waals surface area contributed by atoms with Crippen molar-refractivity contribution in [1.29, 1.82) is 0 Å². The highest BCUT2D eigenvalue weighted by molar-refractivity contribution is 5.49. The average Bonchev–Trinajstić information content (AvgIpc) is 2.58. The second-order valence-corrected chi connectivity index (χ2v) is 4.02. The van der Waals surface area contributed by atoms with E-state index < -0.39 is 0 Å². The molecule has 82 valence electrons. The lowest BCUT2D eigenvalue weighted by atomic mass is 9.91. The minimum absolute atomic E-state index is 0.347. The molecule has 1 atom stereocenters. The Bertz CT molecular complexity index is 336. The number of carbonyl (C=O) groups excluding carboxylic acids is 1. The summed E-state index contributed by atoms with van der Waals surface area (Å²) in [7, 11) is 0. The fourth-order valence-corrected chi connectivity index (χ4v) is 1.63. The third kappa shape index (κ3) is 3.39. The van der Waals surface area contributed by atoms with Crippen molar-refractivity contribution >= 4 is 6.29 Å². The van der Waals surface area contributed by atoms with E-state index in [2.05, 4.69) is 6.58 Å². The minimum Gasteiger partial charge on any atom is -0.469 e. The number of aryl methyl sites for hydroxylation is 1. The molecule has 0 aromatic carbocycles. The van der Waals surface area contributed by atoms with Crippen molar-refractivity contribution < 1.29 is 9.21 Å². The summed E-state index contributed by atoms with van der Waals surface area (Å²) < 4.78 is 5.40. The van der Waals surface area contributed by atoms with Crippen LogP contribution in [-0.2, 0) is 11.2 Å². The summed E-state index contributed by atoms with van der Waals surface area (Å²) in [5, 5.41) is 0. The quantitative estimate of drug-likeness (QED) is 0.528. The van der Waals surface area contributed by atoms with E-state index in [1.807, 2.05) is 19.9 Å². The second-order valence-electron chi connectivity index (χ2n) is 4.02. The van der Waals surface area contributed by atoms with E-state index in [0.717, 1.165) is 30.5 Å². The smallest absolute Gasteiger partial charge is 0.120 e. The predicted molar refractivity (Wildman–Crippen MR) is 60.8 cm³/mol. The number of hydrogen-bond donors (Lipinski definition) is 0. The Morgan fingerprint density at radius 3 is 2.87 bits per heavy atom. The monoisotopic (exact) mass is 206 g/mol.